The fourth-order valence-electron chi connectivity index (χ4n) is 2.65. The van der Waals surface area contributed by atoms with Crippen molar-refractivity contribution < 1.29 is 4.65 Å². The Hall–Kier alpha value is -0.120. The van der Waals surface area contributed by atoms with Gasteiger partial charge in [-0.2, -0.15) is 0 Å². The normalized spacial score (nSPS) is 18.0. The molecule has 2 N–H and O–H groups in total. The second-order valence-electron chi connectivity index (χ2n) is 5.93. The summed E-state index contributed by atoms with van der Waals surface area (Å²) < 4.78 is -0.192. The van der Waals surface area contributed by atoms with E-state index in [1.807, 2.05) is 13.8 Å². The zero-order valence-corrected chi connectivity index (χ0v) is 13.7. The van der Waals surface area contributed by atoms with E-state index in [2.05, 4.69) is 13.8 Å². The molecule has 0 saturated carbocycles. The van der Waals surface area contributed by atoms with Crippen LogP contribution in [0.3, 0.4) is 0 Å². The molecule has 0 rings (SSSR count). The standard InChI is InChI=1S/C16H36N2O/c1-5-8-9-10-11-12-13-14-18(19,15(4)6-2)16(17)7-3/h15-16H,5-14,17H2,1-4H3. The lowest BCUT2D eigenvalue weighted by Gasteiger charge is -2.51. The third-order valence-electron chi connectivity index (χ3n) is 4.43. The highest BCUT2D eigenvalue weighted by Gasteiger charge is 2.28. The molecule has 19 heavy (non-hydrogen) atoms. The van der Waals surface area contributed by atoms with E-state index in [-0.39, 0.29) is 16.9 Å². The highest BCUT2D eigenvalue weighted by Crippen LogP contribution is 2.21. The van der Waals surface area contributed by atoms with Crippen molar-refractivity contribution in [2.45, 2.75) is 97.7 Å². The van der Waals surface area contributed by atoms with Crippen LogP contribution in [-0.2, 0) is 0 Å². The smallest absolute Gasteiger partial charge is 0.140 e. The van der Waals surface area contributed by atoms with E-state index < -0.39 is 0 Å². The molecule has 0 radical (unpaired) electrons. The van der Waals surface area contributed by atoms with Gasteiger partial charge in [-0.25, -0.2) is 0 Å². The van der Waals surface area contributed by atoms with Gasteiger partial charge in [0.2, 0.25) is 0 Å². The van der Waals surface area contributed by atoms with E-state index in [4.69, 9.17) is 5.73 Å². The lowest BCUT2D eigenvalue weighted by Crippen LogP contribution is -2.60. The predicted molar refractivity (Wildman–Crippen MR) is 84.5 cm³/mol. The molecule has 3 unspecified atom stereocenters. The molecule has 0 aliphatic heterocycles. The fraction of sp³-hybridized carbons (Fsp3) is 1.00. The first-order valence-electron chi connectivity index (χ1n) is 8.36. The van der Waals surface area contributed by atoms with Crippen molar-refractivity contribution in [3.63, 3.8) is 0 Å². The average molecular weight is 272 g/mol. The summed E-state index contributed by atoms with van der Waals surface area (Å²) in [5.41, 5.74) is 6.07. The molecule has 116 valence electrons. The lowest BCUT2D eigenvalue weighted by molar-refractivity contribution is -0.927. The Morgan fingerprint density at radius 2 is 1.42 bits per heavy atom. The molecule has 3 nitrogen and oxygen atoms in total. The van der Waals surface area contributed by atoms with Gasteiger partial charge in [0.15, 0.2) is 0 Å². The average Bonchev–Trinajstić information content (AvgIpc) is 2.44. The van der Waals surface area contributed by atoms with Crippen LogP contribution >= 0.6 is 0 Å². The van der Waals surface area contributed by atoms with E-state index >= 15 is 0 Å². The van der Waals surface area contributed by atoms with Crippen molar-refractivity contribution in [2.75, 3.05) is 6.54 Å². The molecule has 0 aromatic heterocycles. The number of nitrogens with zero attached hydrogens (tertiary/aromatic N) is 1. The molecular formula is C16H36N2O. The van der Waals surface area contributed by atoms with E-state index in [0.29, 0.717) is 6.54 Å². The Kier molecular flexibility index (Phi) is 10.6. The molecule has 0 bridgehead atoms. The Morgan fingerprint density at radius 3 is 1.89 bits per heavy atom. The maximum absolute atomic E-state index is 12.9. The summed E-state index contributed by atoms with van der Waals surface area (Å²) >= 11 is 0. The molecule has 3 heteroatoms. The van der Waals surface area contributed by atoms with Gasteiger partial charge in [-0.3, -0.25) is 5.73 Å². The first-order valence-corrected chi connectivity index (χ1v) is 8.36. The number of hydrogen-bond acceptors (Lipinski definition) is 2. The molecule has 0 spiro atoms. The molecule has 0 aliphatic rings. The van der Waals surface area contributed by atoms with Crippen molar-refractivity contribution in [3.05, 3.63) is 5.21 Å². The summed E-state index contributed by atoms with van der Waals surface area (Å²) in [6, 6.07) is 0.120. The minimum atomic E-state index is -0.255. The first kappa shape index (κ1) is 18.9. The van der Waals surface area contributed by atoms with Gasteiger partial charge in [-0.15, -0.1) is 0 Å². The van der Waals surface area contributed by atoms with Crippen molar-refractivity contribution in [3.8, 4) is 0 Å². The largest absolute Gasteiger partial charge is 0.631 e. The zero-order valence-electron chi connectivity index (χ0n) is 13.7. The van der Waals surface area contributed by atoms with Crippen LogP contribution in [0.1, 0.15) is 85.5 Å². The van der Waals surface area contributed by atoms with Gasteiger partial charge in [0, 0.05) is 6.42 Å². The van der Waals surface area contributed by atoms with Gasteiger partial charge < -0.3 is 9.85 Å². The number of hydrogen-bond donors (Lipinski definition) is 1. The summed E-state index contributed by atoms with van der Waals surface area (Å²) in [5.74, 6) is 0. The van der Waals surface area contributed by atoms with E-state index in [0.717, 1.165) is 19.3 Å². The van der Waals surface area contributed by atoms with Crippen LogP contribution in [0.4, 0.5) is 0 Å². The minimum Gasteiger partial charge on any atom is -0.631 e. The highest BCUT2D eigenvalue weighted by molar-refractivity contribution is 4.60. The second-order valence-corrected chi connectivity index (χ2v) is 5.93. The molecule has 0 amide bonds. The van der Waals surface area contributed by atoms with Crippen LogP contribution in [0, 0.1) is 5.21 Å². The fourth-order valence-corrected chi connectivity index (χ4v) is 2.65. The SMILES string of the molecule is CCCCCCCCC[N+]([O-])(C(C)CC)C(N)CC. The Labute approximate surface area is 120 Å². The molecule has 0 aliphatic carbocycles. The minimum absolute atomic E-state index is 0.120. The van der Waals surface area contributed by atoms with Crippen LogP contribution in [0.2, 0.25) is 0 Å². The monoisotopic (exact) mass is 272 g/mol. The van der Waals surface area contributed by atoms with Crippen molar-refractivity contribution in [1.29, 1.82) is 0 Å². The molecule has 0 fully saturated rings. The Balaban J connectivity index is 4.00. The van der Waals surface area contributed by atoms with Crippen LogP contribution in [-0.4, -0.2) is 23.4 Å². The maximum atomic E-state index is 12.9. The number of unbranched alkanes of at least 4 members (excludes halogenated alkanes) is 6. The maximum Gasteiger partial charge on any atom is 0.140 e. The zero-order chi connectivity index (χ0) is 14.7. The van der Waals surface area contributed by atoms with Crippen molar-refractivity contribution in [2.24, 2.45) is 5.73 Å². The van der Waals surface area contributed by atoms with Crippen LogP contribution < -0.4 is 5.73 Å². The third kappa shape index (κ3) is 6.73. The van der Waals surface area contributed by atoms with Gasteiger partial charge in [0.1, 0.15) is 6.17 Å². The molecular weight excluding hydrogens is 236 g/mol. The van der Waals surface area contributed by atoms with Gasteiger partial charge in [0.05, 0.1) is 12.6 Å². The predicted octanol–water partition coefficient (Wildman–Crippen LogP) is 4.54. The summed E-state index contributed by atoms with van der Waals surface area (Å²) in [4.78, 5) is 0. The van der Waals surface area contributed by atoms with Gasteiger partial charge in [0.25, 0.3) is 0 Å². The summed E-state index contributed by atoms with van der Waals surface area (Å²) in [5, 5.41) is 12.9. The van der Waals surface area contributed by atoms with Crippen LogP contribution in [0.15, 0.2) is 0 Å². The Bertz CT molecular complexity index is 199. The van der Waals surface area contributed by atoms with E-state index in [1.165, 1.54) is 38.5 Å². The number of rotatable bonds is 12. The van der Waals surface area contributed by atoms with Crippen molar-refractivity contribution >= 4 is 0 Å². The highest BCUT2D eigenvalue weighted by atomic mass is 16.6. The summed E-state index contributed by atoms with van der Waals surface area (Å²) in [7, 11) is 0. The van der Waals surface area contributed by atoms with E-state index in [1.54, 1.807) is 0 Å². The second kappa shape index (κ2) is 10.6. The summed E-state index contributed by atoms with van der Waals surface area (Å²) in [6.45, 7) is 9.08. The molecule has 0 aromatic carbocycles. The van der Waals surface area contributed by atoms with Gasteiger partial charge in [-0.05, 0) is 26.2 Å². The quantitative estimate of drug-likeness (QED) is 0.245. The van der Waals surface area contributed by atoms with Crippen molar-refractivity contribution in [1.82, 2.24) is 0 Å². The van der Waals surface area contributed by atoms with Crippen LogP contribution in [0.5, 0.6) is 0 Å². The topological polar surface area (TPSA) is 49.1 Å². The number of nitrogens with two attached hydrogens (primary N) is 1. The molecule has 0 aromatic rings. The van der Waals surface area contributed by atoms with Gasteiger partial charge >= 0.3 is 0 Å². The Morgan fingerprint density at radius 1 is 0.895 bits per heavy atom. The number of hydroxylamine groups is 3. The molecule has 3 atom stereocenters. The molecule has 0 heterocycles. The first-order chi connectivity index (χ1) is 9.02. The third-order valence-corrected chi connectivity index (χ3v) is 4.43. The van der Waals surface area contributed by atoms with Gasteiger partial charge in [-0.1, -0.05) is 52.9 Å². The van der Waals surface area contributed by atoms with Crippen LogP contribution in [0.25, 0.3) is 0 Å². The molecule has 0 saturated heterocycles. The summed E-state index contributed by atoms with van der Waals surface area (Å²) in [6.07, 6.45) is 10.2. The lowest BCUT2D eigenvalue weighted by atomic mass is 10.1. The van der Waals surface area contributed by atoms with E-state index in [9.17, 15) is 5.21 Å². The number of quaternary nitrogens is 1.